The number of fused-ring (bicyclic) bond motifs is 2. The van der Waals surface area contributed by atoms with Crippen LogP contribution in [0.2, 0.25) is 0 Å². The summed E-state index contributed by atoms with van der Waals surface area (Å²) >= 11 is 2.27. The Morgan fingerprint density at radius 2 is 2.00 bits per heavy atom. The average Bonchev–Trinajstić information content (AvgIpc) is 2.51. The molecule has 2 aliphatic rings. The van der Waals surface area contributed by atoms with Gasteiger partial charge in [0.05, 0.1) is 0 Å². The predicted octanol–water partition coefficient (Wildman–Crippen LogP) is 4.73. The van der Waals surface area contributed by atoms with E-state index in [2.05, 4.69) is 39.5 Å². The summed E-state index contributed by atoms with van der Waals surface area (Å²) in [4.78, 5) is 0. The van der Waals surface area contributed by atoms with Crippen LogP contribution in [0.25, 0.3) is 0 Å². The summed E-state index contributed by atoms with van der Waals surface area (Å²) in [7, 11) is 0. The molecule has 0 aromatic rings. The Labute approximate surface area is 99.6 Å². The van der Waals surface area contributed by atoms with E-state index in [0.29, 0.717) is 10.8 Å². The van der Waals surface area contributed by atoms with Crippen molar-refractivity contribution in [2.24, 2.45) is 16.7 Å². The molecule has 2 rings (SSSR count). The van der Waals surface area contributed by atoms with Crippen LogP contribution in [-0.2, 0) is 0 Å². The molecule has 2 aliphatic carbocycles. The van der Waals surface area contributed by atoms with Gasteiger partial charge in [-0.3, -0.25) is 0 Å². The minimum absolute atomic E-state index is 0.608. The number of thioether (sulfide) groups is 1. The molecule has 0 aromatic carbocycles. The number of hydrogen-bond donors (Lipinski definition) is 0. The fourth-order valence-electron chi connectivity index (χ4n) is 3.75. The molecule has 2 saturated carbocycles. The van der Waals surface area contributed by atoms with E-state index in [9.17, 15) is 0 Å². The summed E-state index contributed by atoms with van der Waals surface area (Å²) in [6, 6.07) is 0. The smallest absolute Gasteiger partial charge is 0.0109 e. The third kappa shape index (κ3) is 1.66. The molecule has 15 heavy (non-hydrogen) atoms. The second-order valence-corrected chi connectivity index (χ2v) is 7.63. The van der Waals surface area contributed by atoms with Gasteiger partial charge >= 0.3 is 0 Å². The molecule has 0 aliphatic heterocycles. The molecule has 0 spiro atoms. The molecule has 0 aromatic heterocycles. The molecule has 0 radical (unpaired) electrons. The van der Waals surface area contributed by atoms with E-state index in [1.165, 1.54) is 37.9 Å². The quantitative estimate of drug-likeness (QED) is 0.624. The lowest BCUT2D eigenvalue weighted by Crippen LogP contribution is -2.34. The fourth-order valence-corrected chi connectivity index (χ4v) is 5.65. The zero-order valence-corrected chi connectivity index (χ0v) is 11.6. The van der Waals surface area contributed by atoms with Crippen LogP contribution in [0.4, 0.5) is 0 Å². The van der Waals surface area contributed by atoms with Crippen LogP contribution in [0.15, 0.2) is 0 Å². The van der Waals surface area contributed by atoms with Crippen LogP contribution in [-0.4, -0.2) is 11.0 Å². The van der Waals surface area contributed by atoms with Gasteiger partial charge in [-0.15, -0.1) is 0 Å². The molecule has 0 heterocycles. The van der Waals surface area contributed by atoms with E-state index in [4.69, 9.17) is 0 Å². The summed E-state index contributed by atoms with van der Waals surface area (Å²) < 4.78 is 0. The highest BCUT2D eigenvalue weighted by molar-refractivity contribution is 7.99. The van der Waals surface area contributed by atoms with Crippen molar-refractivity contribution in [3.8, 4) is 0 Å². The van der Waals surface area contributed by atoms with E-state index in [0.717, 1.165) is 11.2 Å². The van der Waals surface area contributed by atoms with Gasteiger partial charge in [-0.05, 0) is 48.2 Å². The Kier molecular flexibility index (Phi) is 3.14. The maximum atomic E-state index is 2.56. The minimum Gasteiger partial charge on any atom is -0.158 e. The van der Waals surface area contributed by atoms with Crippen molar-refractivity contribution in [2.45, 2.75) is 65.0 Å². The number of hydrogen-bond acceptors (Lipinski definition) is 1. The van der Waals surface area contributed by atoms with Gasteiger partial charge in [0, 0.05) is 5.25 Å². The SMILES string of the molecule is CCCCSC1CC2CCC1(C)C2(C)C. The fraction of sp³-hybridized carbons (Fsp3) is 1.00. The predicted molar refractivity (Wildman–Crippen MR) is 70.4 cm³/mol. The summed E-state index contributed by atoms with van der Waals surface area (Å²) in [6.45, 7) is 9.90. The Balaban J connectivity index is 1.99. The van der Waals surface area contributed by atoms with Crippen molar-refractivity contribution in [3.63, 3.8) is 0 Å². The van der Waals surface area contributed by atoms with Crippen molar-refractivity contribution >= 4 is 11.8 Å². The highest BCUT2D eigenvalue weighted by atomic mass is 32.2. The Morgan fingerprint density at radius 1 is 1.27 bits per heavy atom. The lowest BCUT2D eigenvalue weighted by Gasteiger charge is -2.39. The third-order valence-electron chi connectivity index (χ3n) is 5.53. The van der Waals surface area contributed by atoms with Crippen molar-refractivity contribution in [1.82, 2.24) is 0 Å². The molecule has 0 N–H and O–H groups in total. The highest BCUT2D eigenvalue weighted by Crippen LogP contribution is 2.68. The van der Waals surface area contributed by atoms with Gasteiger partial charge in [0.25, 0.3) is 0 Å². The van der Waals surface area contributed by atoms with Crippen molar-refractivity contribution in [1.29, 1.82) is 0 Å². The van der Waals surface area contributed by atoms with Crippen LogP contribution in [0.1, 0.15) is 59.8 Å². The van der Waals surface area contributed by atoms with E-state index in [1.54, 1.807) is 0 Å². The van der Waals surface area contributed by atoms with E-state index >= 15 is 0 Å². The van der Waals surface area contributed by atoms with Crippen molar-refractivity contribution < 1.29 is 0 Å². The highest BCUT2D eigenvalue weighted by Gasteiger charge is 2.61. The second kappa shape index (κ2) is 3.98. The van der Waals surface area contributed by atoms with Gasteiger partial charge in [-0.2, -0.15) is 11.8 Å². The second-order valence-electron chi connectivity index (χ2n) is 6.32. The zero-order chi connectivity index (χ0) is 11.1. The van der Waals surface area contributed by atoms with Gasteiger partial charge in [0.15, 0.2) is 0 Å². The first-order chi connectivity index (χ1) is 7.02. The van der Waals surface area contributed by atoms with Gasteiger partial charge < -0.3 is 0 Å². The van der Waals surface area contributed by atoms with E-state index < -0.39 is 0 Å². The molecule has 0 saturated heterocycles. The molecule has 3 unspecified atom stereocenters. The molecule has 3 atom stereocenters. The van der Waals surface area contributed by atoms with Crippen molar-refractivity contribution in [2.75, 3.05) is 5.75 Å². The summed E-state index contributed by atoms with van der Waals surface area (Å²) in [6.07, 6.45) is 7.23. The molecular weight excluding hydrogens is 200 g/mol. The normalized spacial score (nSPS) is 42.4. The van der Waals surface area contributed by atoms with Gasteiger partial charge in [-0.25, -0.2) is 0 Å². The van der Waals surface area contributed by atoms with Gasteiger partial charge in [0.2, 0.25) is 0 Å². The third-order valence-corrected chi connectivity index (χ3v) is 7.17. The Morgan fingerprint density at radius 3 is 2.47 bits per heavy atom. The lowest BCUT2D eigenvalue weighted by atomic mass is 9.71. The lowest BCUT2D eigenvalue weighted by molar-refractivity contribution is 0.156. The molecule has 2 bridgehead atoms. The van der Waals surface area contributed by atoms with E-state index in [-0.39, 0.29) is 0 Å². The largest absolute Gasteiger partial charge is 0.158 e. The molecule has 0 amide bonds. The Hall–Kier alpha value is 0.350. The van der Waals surface area contributed by atoms with E-state index in [1.807, 2.05) is 0 Å². The van der Waals surface area contributed by atoms with Crippen LogP contribution in [0, 0.1) is 16.7 Å². The number of unbranched alkanes of at least 4 members (excludes halogenated alkanes) is 1. The van der Waals surface area contributed by atoms with Gasteiger partial charge in [0.1, 0.15) is 0 Å². The molecular formula is C14H26S. The van der Waals surface area contributed by atoms with Crippen LogP contribution in [0.3, 0.4) is 0 Å². The maximum Gasteiger partial charge on any atom is 0.0109 e. The Bertz CT molecular complexity index is 233. The zero-order valence-electron chi connectivity index (χ0n) is 10.8. The topological polar surface area (TPSA) is 0 Å². The summed E-state index contributed by atoms with van der Waals surface area (Å²) in [5.41, 5.74) is 1.24. The average molecular weight is 226 g/mol. The monoisotopic (exact) mass is 226 g/mol. The van der Waals surface area contributed by atoms with Crippen LogP contribution >= 0.6 is 11.8 Å². The molecule has 1 heteroatoms. The summed E-state index contributed by atoms with van der Waals surface area (Å²) in [5.74, 6) is 2.40. The molecule has 0 nitrogen and oxygen atoms in total. The standard InChI is InChI=1S/C14H26S/c1-5-6-9-15-12-10-11-7-8-14(12,4)13(11,2)3/h11-12H,5-10H2,1-4H3. The first-order valence-electron chi connectivity index (χ1n) is 6.64. The first-order valence-corrected chi connectivity index (χ1v) is 7.69. The maximum absolute atomic E-state index is 2.56. The van der Waals surface area contributed by atoms with Crippen LogP contribution in [0.5, 0.6) is 0 Å². The first kappa shape index (κ1) is 11.8. The van der Waals surface area contributed by atoms with Crippen LogP contribution < -0.4 is 0 Å². The molecule has 2 fully saturated rings. The minimum atomic E-state index is 0.608. The van der Waals surface area contributed by atoms with Gasteiger partial charge in [-0.1, -0.05) is 34.1 Å². The van der Waals surface area contributed by atoms with Crippen molar-refractivity contribution in [3.05, 3.63) is 0 Å². The number of rotatable bonds is 4. The molecule has 88 valence electrons. The summed E-state index contributed by atoms with van der Waals surface area (Å²) in [5, 5.41) is 0.956.